The van der Waals surface area contributed by atoms with Crippen LogP contribution >= 0.6 is 0 Å². The van der Waals surface area contributed by atoms with E-state index in [0.717, 1.165) is 16.8 Å². The van der Waals surface area contributed by atoms with Crippen molar-refractivity contribution in [2.45, 2.75) is 20.8 Å². The molecular formula is C27H26N4O3. The fourth-order valence-electron chi connectivity index (χ4n) is 3.88. The lowest BCUT2D eigenvalue weighted by atomic mass is 10.1. The Kier molecular flexibility index (Phi) is 6.27. The van der Waals surface area contributed by atoms with E-state index in [9.17, 15) is 14.4 Å². The summed E-state index contributed by atoms with van der Waals surface area (Å²) >= 11 is 0. The largest absolute Gasteiger partial charge is 0.332 e. The fourth-order valence-corrected chi connectivity index (χ4v) is 3.88. The molecule has 7 nitrogen and oxygen atoms in total. The number of aryl methyl sites for hydroxylation is 2. The normalized spacial score (nSPS) is 10.8. The van der Waals surface area contributed by atoms with Gasteiger partial charge in [-0.25, -0.2) is 4.98 Å². The summed E-state index contributed by atoms with van der Waals surface area (Å²) in [6.45, 7) is 5.61. The Morgan fingerprint density at radius 3 is 2.38 bits per heavy atom. The molecule has 7 heteroatoms. The fraction of sp³-hybridized carbons (Fsp3) is 0.185. The van der Waals surface area contributed by atoms with Gasteiger partial charge in [-0.15, -0.1) is 0 Å². The molecule has 0 saturated carbocycles. The summed E-state index contributed by atoms with van der Waals surface area (Å²) in [6.07, 6.45) is 0. The van der Waals surface area contributed by atoms with Gasteiger partial charge in [-0.05, 0) is 74.4 Å². The molecule has 0 unspecified atom stereocenters. The molecule has 0 atom stereocenters. The maximum Gasteiger partial charge on any atom is 0.265 e. The molecule has 0 radical (unpaired) electrons. The molecule has 1 N–H and O–H groups in total. The first-order valence-electron chi connectivity index (χ1n) is 11.0. The number of aromatic nitrogens is 2. The summed E-state index contributed by atoms with van der Waals surface area (Å²) in [4.78, 5) is 44.3. The van der Waals surface area contributed by atoms with E-state index in [1.54, 1.807) is 50.4 Å². The van der Waals surface area contributed by atoms with Gasteiger partial charge in [0, 0.05) is 18.3 Å². The average molecular weight is 455 g/mol. The van der Waals surface area contributed by atoms with E-state index in [1.165, 1.54) is 9.47 Å². The summed E-state index contributed by atoms with van der Waals surface area (Å²) in [7, 11) is 1.58. The number of benzene rings is 3. The minimum atomic E-state index is -0.289. The van der Waals surface area contributed by atoms with Crippen molar-refractivity contribution in [2.24, 2.45) is 0 Å². The van der Waals surface area contributed by atoms with Gasteiger partial charge in [0.25, 0.3) is 11.5 Å². The maximum atomic E-state index is 13.0. The summed E-state index contributed by atoms with van der Waals surface area (Å²) in [5.41, 5.74) is 4.33. The molecule has 2 amide bonds. The summed E-state index contributed by atoms with van der Waals surface area (Å²) < 4.78 is 1.53. The zero-order valence-corrected chi connectivity index (χ0v) is 19.6. The Morgan fingerprint density at radius 1 is 0.941 bits per heavy atom. The van der Waals surface area contributed by atoms with Crippen molar-refractivity contribution in [1.82, 2.24) is 14.5 Å². The minimum absolute atomic E-state index is 0.0822. The number of carbonyl (C=O) groups is 2. The van der Waals surface area contributed by atoms with E-state index in [-0.39, 0.29) is 23.9 Å². The molecule has 0 saturated heterocycles. The second kappa shape index (κ2) is 9.31. The lowest BCUT2D eigenvalue weighted by molar-refractivity contribution is -0.116. The first-order chi connectivity index (χ1) is 16.3. The van der Waals surface area contributed by atoms with Gasteiger partial charge in [0.1, 0.15) is 5.82 Å². The van der Waals surface area contributed by atoms with E-state index in [4.69, 9.17) is 0 Å². The molecule has 1 heterocycles. The molecule has 0 aliphatic rings. The zero-order chi connectivity index (χ0) is 24.4. The predicted octanol–water partition coefficient (Wildman–Crippen LogP) is 4.02. The highest BCUT2D eigenvalue weighted by Gasteiger charge is 2.17. The van der Waals surface area contributed by atoms with Gasteiger partial charge >= 0.3 is 0 Å². The molecule has 3 aromatic carbocycles. The van der Waals surface area contributed by atoms with Crippen molar-refractivity contribution in [3.8, 4) is 5.69 Å². The van der Waals surface area contributed by atoms with Gasteiger partial charge in [-0.1, -0.05) is 24.3 Å². The first kappa shape index (κ1) is 22.9. The second-order valence-electron chi connectivity index (χ2n) is 8.32. The van der Waals surface area contributed by atoms with E-state index >= 15 is 0 Å². The number of nitrogens with zero attached hydrogens (tertiary/aromatic N) is 3. The van der Waals surface area contributed by atoms with Crippen molar-refractivity contribution in [3.63, 3.8) is 0 Å². The van der Waals surface area contributed by atoms with Crippen LogP contribution in [0.5, 0.6) is 0 Å². The Bertz CT molecular complexity index is 1460. The smallest absolute Gasteiger partial charge is 0.265 e. The molecule has 0 aliphatic carbocycles. The number of para-hydroxylation sites is 1. The molecule has 0 spiro atoms. The zero-order valence-electron chi connectivity index (χ0n) is 19.6. The number of anilines is 1. The quantitative estimate of drug-likeness (QED) is 0.494. The number of hydrogen-bond acceptors (Lipinski definition) is 4. The Morgan fingerprint density at radius 2 is 1.65 bits per heavy atom. The van der Waals surface area contributed by atoms with Crippen LogP contribution in [0.1, 0.15) is 27.3 Å². The third-order valence-corrected chi connectivity index (χ3v) is 5.92. The van der Waals surface area contributed by atoms with Crippen LogP contribution in [0.25, 0.3) is 16.6 Å². The Labute approximate surface area is 197 Å². The summed E-state index contributed by atoms with van der Waals surface area (Å²) in [5.74, 6) is -0.00281. The number of hydrogen-bond donors (Lipinski definition) is 1. The van der Waals surface area contributed by atoms with Crippen LogP contribution < -0.4 is 10.9 Å². The standard InChI is InChI=1S/C27H26N4O3/c1-17-8-7-11-23(18(17)2)29-25(32)16-30(4)26(33)20-12-14-21(15-13-20)31-19(3)28-24-10-6-5-9-22(24)27(31)34/h5-15H,16H2,1-4H3,(H,29,32). The highest BCUT2D eigenvalue weighted by Crippen LogP contribution is 2.18. The number of rotatable bonds is 5. The minimum Gasteiger partial charge on any atom is -0.332 e. The molecule has 4 rings (SSSR count). The van der Waals surface area contributed by atoms with Crippen molar-refractivity contribution in [1.29, 1.82) is 0 Å². The first-order valence-corrected chi connectivity index (χ1v) is 11.0. The summed E-state index contributed by atoms with van der Waals surface area (Å²) in [6, 6.07) is 19.6. The van der Waals surface area contributed by atoms with E-state index in [1.807, 2.05) is 44.2 Å². The molecule has 172 valence electrons. The van der Waals surface area contributed by atoms with Crippen LogP contribution in [0.2, 0.25) is 0 Å². The SMILES string of the molecule is Cc1cccc(NC(=O)CN(C)C(=O)c2ccc(-n3c(C)nc4ccccc4c3=O)cc2)c1C. The average Bonchev–Trinajstić information content (AvgIpc) is 2.82. The number of amides is 2. The lowest BCUT2D eigenvalue weighted by Crippen LogP contribution is -2.35. The van der Waals surface area contributed by atoms with Crippen molar-refractivity contribution >= 4 is 28.4 Å². The van der Waals surface area contributed by atoms with Crippen LogP contribution in [0, 0.1) is 20.8 Å². The third kappa shape index (κ3) is 4.45. The van der Waals surface area contributed by atoms with Gasteiger partial charge < -0.3 is 10.2 Å². The van der Waals surface area contributed by atoms with Crippen LogP contribution in [0.15, 0.2) is 71.5 Å². The van der Waals surface area contributed by atoms with Gasteiger partial charge in [0.2, 0.25) is 5.91 Å². The molecule has 0 bridgehead atoms. The van der Waals surface area contributed by atoms with Crippen molar-refractivity contribution in [3.05, 3.63) is 99.6 Å². The molecule has 4 aromatic rings. The Balaban J connectivity index is 1.50. The molecular weight excluding hydrogens is 428 g/mol. The van der Waals surface area contributed by atoms with E-state index in [0.29, 0.717) is 28.0 Å². The van der Waals surface area contributed by atoms with Gasteiger partial charge in [0.15, 0.2) is 0 Å². The number of nitrogens with one attached hydrogen (secondary N) is 1. The highest BCUT2D eigenvalue weighted by molar-refractivity contribution is 5.99. The molecule has 1 aromatic heterocycles. The summed E-state index contributed by atoms with van der Waals surface area (Å²) in [5, 5.41) is 3.40. The van der Waals surface area contributed by atoms with Crippen molar-refractivity contribution < 1.29 is 9.59 Å². The molecule has 0 fully saturated rings. The van der Waals surface area contributed by atoms with Crippen LogP contribution in [0.4, 0.5) is 5.69 Å². The van der Waals surface area contributed by atoms with Gasteiger partial charge in [-0.2, -0.15) is 0 Å². The molecule has 34 heavy (non-hydrogen) atoms. The topological polar surface area (TPSA) is 84.3 Å². The second-order valence-corrected chi connectivity index (χ2v) is 8.32. The predicted molar refractivity (Wildman–Crippen MR) is 134 cm³/mol. The van der Waals surface area contributed by atoms with Crippen LogP contribution in [-0.2, 0) is 4.79 Å². The van der Waals surface area contributed by atoms with E-state index < -0.39 is 0 Å². The maximum absolute atomic E-state index is 13.0. The Hall–Kier alpha value is -4.26. The number of likely N-dealkylation sites (N-methyl/N-ethyl adjacent to an activating group) is 1. The molecule has 0 aliphatic heterocycles. The van der Waals surface area contributed by atoms with Gasteiger partial charge in [0.05, 0.1) is 23.1 Å². The van der Waals surface area contributed by atoms with E-state index in [2.05, 4.69) is 10.3 Å². The van der Waals surface area contributed by atoms with Crippen LogP contribution in [0.3, 0.4) is 0 Å². The monoisotopic (exact) mass is 454 g/mol. The number of fused-ring (bicyclic) bond motifs is 1. The lowest BCUT2D eigenvalue weighted by Gasteiger charge is -2.18. The van der Waals surface area contributed by atoms with Crippen LogP contribution in [-0.4, -0.2) is 39.9 Å². The van der Waals surface area contributed by atoms with Crippen molar-refractivity contribution in [2.75, 3.05) is 18.9 Å². The number of carbonyl (C=O) groups excluding carboxylic acids is 2. The third-order valence-electron chi connectivity index (χ3n) is 5.92. The highest BCUT2D eigenvalue weighted by atomic mass is 16.2. The van der Waals surface area contributed by atoms with Gasteiger partial charge in [-0.3, -0.25) is 19.0 Å².